The summed E-state index contributed by atoms with van der Waals surface area (Å²) in [5.74, 6) is 9.63. The van der Waals surface area contributed by atoms with Gasteiger partial charge in [-0.05, 0) is 36.1 Å². The van der Waals surface area contributed by atoms with Gasteiger partial charge in [0.05, 0.1) is 0 Å². The lowest BCUT2D eigenvalue weighted by Crippen LogP contribution is -1.74. The van der Waals surface area contributed by atoms with Crippen LogP contribution in [0.4, 0.5) is 0 Å². The smallest absolute Gasteiger partial charge is 0.0255 e. The quantitative estimate of drug-likeness (QED) is 0.628. The fraction of sp³-hybridized carbons (Fsp3) is 0.231. The molecule has 70 valence electrons. The molecule has 0 heterocycles. The highest BCUT2D eigenvalue weighted by atomic mass is 32.2. The number of rotatable bonds is 1. The predicted molar refractivity (Wildman–Crippen MR) is 64.0 cm³/mol. The average molecular weight is 200 g/mol. The molecule has 0 saturated heterocycles. The van der Waals surface area contributed by atoms with Crippen LogP contribution in [0, 0.1) is 29.9 Å². The first kappa shape index (κ1) is 10.8. The molecular formula is C13H12S. The second-order valence-electron chi connectivity index (χ2n) is 2.78. The maximum Gasteiger partial charge on any atom is 0.0255 e. The van der Waals surface area contributed by atoms with Crippen LogP contribution in [0.2, 0.25) is 0 Å². The fourth-order valence-electron chi connectivity index (χ4n) is 0.874. The van der Waals surface area contributed by atoms with Gasteiger partial charge in [0, 0.05) is 11.3 Å². The zero-order valence-electron chi connectivity index (χ0n) is 8.42. The van der Waals surface area contributed by atoms with E-state index in [-0.39, 0.29) is 0 Å². The average Bonchev–Trinajstić information content (AvgIpc) is 2.21. The summed E-state index contributed by atoms with van der Waals surface area (Å²) in [6.07, 6.45) is 0. The summed E-state index contributed by atoms with van der Waals surface area (Å²) < 4.78 is 0. The molecule has 0 nitrogen and oxygen atoms in total. The predicted octanol–water partition coefficient (Wildman–Crippen LogP) is 3.06. The molecule has 0 unspecified atom stereocenters. The van der Waals surface area contributed by atoms with Crippen LogP contribution in [0.25, 0.3) is 0 Å². The summed E-state index contributed by atoms with van der Waals surface area (Å²) in [5, 5.41) is 2.91. The molecule has 0 saturated carbocycles. The Morgan fingerprint density at radius 2 is 1.86 bits per heavy atom. The molecular weight excluding hydrogens is 188 g/mol. The van der Waals surface area contributed by atoms with Crippen molar-refractivity contribution in [2.24, 2.45) is 0 Å². The largest absolute Gasteiger partial charge is 0.0743 e. The Morgan fingerprint density at radius 1 is 1.14 bits per heavy atom. The van der Waals surface area contributed by atoms with Crippen molar-refractivity contribution in [2.75, 3.05) is 5.75 Å². The topological polar surface area (TPSA) is 0 Å². The summed E-state index contributed by atoms with van der Waals surface area (Å²) >= 11 is 1.58. The first-order chi connectivity index (χ1) is 6.83. The lowest BCUT2D eigenvalue weighted by molar-refractivity contribution is 1.46. The second-order valence-corrected chi connectivity index (χ2v) is 3.85. The Morgan fingerprint density at radius 3 is 2.50 bits per heavy atom. The Kier molecular flexibility index (Phi) is 4.76. The molecule has 14 heavy (non-hydrogen) atoms. The van der Waals surface area contributed by atoms with E-state index in [0.29, 0.717) is 0 Å². The Balaban J connectivity index is 2.61. The van der Waals surface area contributed by atoms with Crippen LogP contribution >= 0.6 is 11.8 Å². The van der Waals surface area contributed by atoms with Crippen molar-refractivity contribution in [3.63, 3.8) is 0 Å². The number of aryl methyl sites for hydroxylation is 1. The van der Waals surface area contributed by atoms with E-state index in [1.807, 2.05) is 12.1 Å². The van der Waals surface area contributed by atoms with Crippen molar-refractivity contribution in [2.45, 2.75) is 13.8 Å². The van der Waals surface area contributed by atoms with Crippen LogP contribution in [0.15, 0.2) is 24.3 Å². The molecule has 0 spiro atoms. The molecule has 1 aromatic rings. The van der Waals surface area contributed by atoms with Crippen molar-refractivity contribution in [3.8, 4) is 23.0 Å². The molecule has 0 atom stereocenters. The van der Waals surface area contributed by atoms with E-state index in [1.165, 1.54) is 5.56 Å². The maximum atomic E-state index is 2.99. The van der Waals surface area contributed by atoms with Gasteiger partial charge in [-0.3, -0.25) is 0 Å². The van der Waals surface area contributed by atoms with Gasteiger partial charge in [-0.2, -0.15) is 0 Å². The van der Waals surface area contributed by atoms with Gasteiger partial charge in [0.15, 0.2) is 0 Å². The van der Waals surface area contributed by atoms with Gasteiger partial charge >= 0.3 is 0 Å². The van der Waals surface area contributed by atoms with Crippen LogP contribution in [0.5, 0.6) is 0 Å². The number of hydrogen-bond donors (Lipinski definition) is 0. The molecule has 0 N–H and O–H groups in total. The van der Waals surface area contributed by atoms with E-state index in [9.17, 15) is 0 Å². The molecule has 0 aliphatic carbocycles. The van der Waals surface area contributed by atoms with Gasteiger partial charge in [0.2, 0.25) is 0 Å². The van der Waals surface area contributed by atoms with E-state index in [1.54, 1.807) is 11.8 Å². The Hall–Kier alpha value is -1.31. The zero-order valence-corrected chi connectivity index (χ0v) is 9.24. The van der Waals surface area contributed by atoms with Gasteiger partial charge in [-0.15, -0.1) is 0 Å². The highest BCUT2D eigenvalue weighted by Crippen LogP contribution is 2.00. The highest BCUT2D eigenvalue weighted by Gasteiger charge is 1.84. The molecule has 1 aromatic carbocycles. The molecule has 0 aromatic heterocycles. The van der Waals surface area contributed by atoms with E-state index in [2.05, 4.69) is 49.0 Å². The SMILES string of the molecule is CCSC#CC#Cc1ccc(C)cc1. The normalized spacial score (nSPS) is 8.14. The standard InChI is InChI=1S/C13H12S/c1-3-14-11-5-4-6-13-9-7-12(2)8-10-13/h7-10H,3H2,1-2H3. The van der Waals surface area contributed by atoms with Crippen LogP contribution < -0.4 is 0 Å². The minimum Gasteiger partial charge on any atom is -0.0743 e. The number of benzene rings is 1. The summed E-state index contributed by atoms with van der Waals surface area (Å²) in [6.45, 7) is 4.14. The first-order valence-corrected chi connectivity index (χ1v) is 5.51. The van der Waals surface area contributed by atoms with Gasteiger partial charge in [-0.1, -0.05) is 42.3 Å². The minimum absolute atomic E-state index is 1.01. The van der Waals surface area contributed by atoms with Crippen molar-refractivity contribution < 1.29 is 0 Å². The van der Waals surface area contributed by atoms with E-state index in [4.69, 9.17) is 0 Å². The molecule has 1 rings (SSSR count). The van der Waals surface area contributed by atoms with Crippen molar-refractivity contribution in [1.29, 1.82) is 0 Å². The lowest BCUT2D eigenvalue weighted by Gasteiger charge is -1.90. The van der Waals surface area contributed by atoms with Gasteiger partial charge in [0.1, 0.15) is 0 Å². The summed E-state index contributed by atoms with van der Waals surface area (Å²) in [7, 11) is 0. The fourth-order valence-corrected chi connectivity index (χ4v) is 1.14. The molecule has 0 aliphatic rings. The number of thioether (sulfide) groups is 1. The Bertz CT molecular complexity index is 393. The van der Waals surface area contributed by atoms with Gasteiger partial charge in [-0.25, -0.2) is 0 Å². The van der Waals surface area contributed by atoms with Crippen LogP contribution in [0.3, 0.4) is 0 Å². The molecule has 0 amide bonds. The van der Waals surface area contributed by atoms with Gasteiger partial charge in [0.25, 0.3) is 0 Å². The third kappa shape index (κ3) is 4.08. The third-order valence-electron chi connectivity index (χ3n) is 1.59. The van der Waals surface area contributed by atoms with Crippen LogP contribution in [-0.4, -0.2) is 5.75 Å². The van der Waals surface area contributed by atoms with E-state index in [0.717, 1.165) is 11.3 Å². The van der Waals surface area contributed by atoms with Crippen LogP contribution in [0.1, 0.15) is 18.1 Å². The van der Waals surface area contributed by atoms with E-state index >= 15 is 0 Å². The summed E-state index contributed by atoms with van der Waals surface area (Å²) in [6, 6.07) is 8.13. The molecule has 0 fully saturated rings. The Labute approximate surface area is 90.1 Å². The van der Waals surface area contributed by atoms with Gasteiger partial charge < -0.3 is 0 Å². The second kappa shape index (κ2) is 6.19. The van der Waals surface area contributed by atoms with Crippen molar-refractivity contribution >= 4 is 11.8 Å². The summed E-state index contributed by atoms with van der Waals surface area (Å²) in [4.78, 5) is 0. The molecule has 0 radical (unpaired) electrons. The third-order valence-corrected chi connectivity index (χ3v) is 2.12. The molecule has 0 bridgehead atoms. The first-order valence-electron chi connectivity index (χ1n) is 4.52. The molecule has 0 aliphatic heterocycles. The number of hydrogen-bond acceptors (Lipinski definition) is 1. The highest BCUT2D eigenvalue weighted by molar-refractivity contribution is 8.03. The van der Waals surface area contributed by atoms with Crippen molar-refractivity contribution in [3.05, 3.63) is 35.4 Å². The zero-order chi connectivity index (χ0) is 10.2. The minimum atomic E-state index is 1.01. The van der Waals surface area contributed by atoms with Crippen LogP contribution in [-0.2, 0) is 0 Å². The maximum absolute atomic E-state index is 2.99. The van der Waals surface area contributed by atoms with E-state index < -0.39 is 0 Å². The molecule has 1 heteroatoms. The monoisotopic (exact) mass is 200 g/mol. The lowest BCUT2D eigenvalue weighted by atomic mass is 10.2. The van der Waals surface area contributed by atoms with Crippen molar-refractivity contribution in [1.82, 2.24) is 0 Å². The summed E-state index contributed by atoms with van der Waals surface area (Å²) in [5.41, 5.74) is 2.27.